The van der Waals surface area contributed by atoms with Gasteiger partial charge in [-0.1, -0.05) is 6.42 Å². The topological polar surface area (TPSA) is 121 Å². The summed E-state index contributed by atoms with van der Waals surface area (Å²) in [6.07, 6.45) is -1.27. The minimum absolute atomic E-state index is 0.132. The molecule has 1 rings (SSSR count). The smallest absolute Gasteiger partial charge is 0.303 e. The molecule has 1 saturated heterocycles. The van der Waals surface area contributed by atoms with E-state index in [0.29, 0.717) is 13.0 Å². The van der Waals surface area contributed by atoms with Gasteiger partial charge in [-0.25, -0.2) is 0 Å². The second-order valence-corrected chi connectivity index (χ2v) is 5.00. The van der Waals surface area contributed by atoms with Gasteiger partial charge in [0.25, 0.3) is 0 Å². The van der Waals surface area contributed by atoms with Crippen molar-refractivity contribution < 1.29 is 30.3 Å². The van der Waals surface area contributed by atoms with Crippen LogP contribution < -0.4 is 0 Å². The van der Waals surface area contributed by atoms with Gasteiger partial charge in [0, 0.05) is 13.0 Å². The van der Waals surface area contributed by atoms with Crippen molar-refractivity contribution in [3.05, 3.63) is 0 Å². The Balaban J connectivity index is 2.36. The van der Waals surface area contributed by atoms with Gasteiger partial charge in [0.2, 0.25) is 0 Å². The predicted octanol–water partition coefficient (Wildman–Crippen LogP) is -1.61. The first-order valence-electron chi connectivity index (χ1n) is 6.58. The van der Waals surface area contributed by atoms with E-state index in [1.54, 1.807) is 4.90 Å². The van der Waals surface area contributed by atoms with E-state index >= 15 is 0 Å². The second kappa shape index (κ2) is 7.76. The summed E-state index contributed by atoms with van der Waals surface area (Å²) in [4.78, 5) is 12.1. The molecule has 0 radical (unpaired) electrons. The van der Waals surface area contributed by atoms with Gasteiger partial charge < -0.3 is 25.5 Å². The fourth-order valence-corrected chi connectivity index (χ4v) is 2.40. The average molecular weight is 277 g/mol. The fraction of sp³-hybridized carbons (Fsp3) is 0.917. The van der Waals surface area contributed by atoms with Crippen LogP contribution in [0, 0.1) is 0 Å². The summed E-state index contributed by atoms with van der Waals surface area (Å²) in [7, 11) is 0. The van der Waals surface area contributed by atoms with E-state index in [-0.39, 0.29) is 19.6 Å². The summed E-state index contributed by atoms with van der Waals surface area (Å²) < 4.78 is 0. The number of aliphatic hydroxyl groups is 4. The normalized spacial score (nSPS) is 32.4. The number of likely N-dealkylation sites (tertiary alicyclic amines) is 1. The van der Waals surface area contributed by atoms with Crippen LogP contribution in [-0.2, 0) is 4.79 Å². The van der Waals surface area contributed by atoms with E-state index in [0.717, 1.165) is 12.8 Å². The number of β-amino-alcohol motifs (C(OH)–C–C–N with tert-alkyl or cyclic N) is 1. The van der Waals surface area contributed by atoms with Crippen molar-refractivity contribution in [1.82, 2.24) is 4.90 Å². The fourth-order valence-electron chi connectivity index (χ4n) is 2.40. The lowest BCUT2D eigenvalue weighted by Crippen LogP contribution is -2.62. The molecule has 0 aliphatic carbocycles. The number of unbranched alkanes of at least 4 members (excludes halogenated alkanes) is 2. The van der Waals surface area contributed by atoms with Crippen LogP contribution in [0.5, 0.6) is 0 Å². The molecular weight excluding hydrogens is 254 g/mol. The highest BCUT2D eigenvalue weighted by Crippen LogP contribution is 2.19. The van der Waals surface area contributed by atoms with Crippen molar-refractivity contribution in [2.24, 2.45) is 0 Å². The quantitative estimate of drug-likeness (QED) is 0.355. The van der Waals surface area contributed by atoms with Crippen LogP contribution >= 0.6 is 0 Å². The number of aliphatic carboxylic acids is 1. The van der Waals surface area contributed by atoms with E-state index in [4.69, 9.17) is 5.11 Å². The number of carboxylic acids is 1. The van der Waals surface area contributed by atoms with Gasteiger partial charge in [0.05, 0.1) is 18.8 Å². The number of nitrogens with zero attached hydrogens (tertiary/aromatic N) is 1. The highest BCUT2D eigenvalue weighted by Gasteiger charge is 2.40. The maximum Gasteiger partial charge on any atom is 0.303 e. The minimum atomic E-state index is -1.24. The van der Waals surface area contributed by atoms with Gasteiger partial charge >= 0.3 is 5.97 Å². The molecule has 1 fully saturated rings. The molecule has 0 saturated carbocycles. The van der Waals surface area contributed by atoms with Crippen LogP contribution in [-0.4, -0.2) is 80.5 Å². The lowest BCUT2D eigenvalue weighted by Gasteiger charge is -2.43. The van der Waals surface area contributed by atoms with E-state index in [9.17, 15) is 25.2 Å². The molecule has 1 aliphatic rings. The maximum absolute atomic E-state index is 10.3. The third-order valence-electron chi connectivity index (χ3n) is 3.55. The Morgan fingerprint density at radius 1 is 1.11 bits per heavy atom. The minimum Gasteiger partial charge on any atom is -0.481 e. The Morgan fingerprint density at radius 2 is 1.79 bits per heavy atom. The molecule has 0 aromatic rings. The molecule has 0 unspecified atom stereocenters. The largest absolute Gasteiger partial charge is 0.481 e. The monoisotopic (exact) mass is 277 g/mol. The molecule has 0 aromatic heterocycles. The first kappa shape index (κ1) is 16.3. The predicted molar refractivity (Wildman–Crippen MR) is 66.6 cm³/mol. The van der Waals surface area contributed by atoms with Gasteiger partial charge in [-0.05, 0) is 19.4 Å². The van der Waals surface area contributed by atoms with Crippen LogP contribution in [0.15, 0.2) is 0 Å². The molecule has 1 aliphatic heterocycles. The second-order valence-electron chi connectivity index (χ2n) is 5.00. The van der Waals surface area contributed by atoms with Crippen LogP contribution in [0.2, 0.25) is 0 Å². The zero-order chi connectivity index (χ0) is 14.4. The third-order valence-corrected chi connectivity index (χ3v) is 3.55. The van der Waals surface area contributed by atoms with E-state index in [1.165, 1.54) is 0 Å². The summed E-state index contributed by atoms with van der Waals surface area (Å²) in [5.41, 5.74) is 0. The van der Waals surface area contributed by atoms with E-state index in [1.807, 2.05) is 0 Å². The van der Waals surface area contributed by atoms with Crippen LogP contribution in [0.1, 0.15) is 25.7 Å². The van der Waals surface area contributed by atoms with E-state index in [2.05, 4.69) is 0 Å². The summed E-state index contributed by atoms with van der Waals surface area (Å²) in [6, 6.07) is -0.585. The molecule has 0 spiro atoms. The maximum atomic E-state index is 10.3. The Morgan fingerprint density at radius 3 is 2.37 bits per heavy atom. The van der Waals surface area contributed by atoms with Crippen molar-refractivity contribution >= 4 is 5.97 Å². The molecule has 7 heteroatoms. The van der Waals surface area contributed by atoms with Crippen molar-refractivity contribution in [2.75, 3.05) is 19.7 Å². The van der Waals surface area contributed by atoms with Gasteiger partial charge in [-0.3, -0.25) is 9.69 Å². The summed E-state index contributed by atoms with van der Waals surface area (Å²) >= 11 is 0. The molecular formula is C12H23NO6. The molecule has 1 heterocycles. The summed E-state index contributed by atoms with van der Waals surface area (Å²) in [6.45, 7) is 0.453. The van der Waals surface area contributed by atoms with E-state index < -0.39 is 30.3 Å². The first-order chi connectivity index (χ1) is 8.97. The Kier molecular flexibility index (Phi) is 6.67. The first-order valence-corrected chi connectivity index (χ1v) is 6.58. The Labute approximate surface area is 112 Å². The van der Waals surface area contributed by atoms with Crippen molar-refractivity contribution in [3.8, 4) is 0 Å². The molecule has 0 bridgehead atoms. The zero-order valence-corrected chi connectivity index (χ0v) is 10.9. The molecule has 4 atom stereocenters. The average Bonchev–Trinajstić information content (AvgIpc) is 2.35. The number of hydrogen-bond acceptors (Lipinski definition) is 6. The summed E-state index contributed by atoms with van der Waals surface area (Å²) in [5.74, 6) is -0.819. The lowest BCUT2D eigenvalue weighted by molar-refractivity contribution is -0.145. The number of hydrogen-bond donors (Lipinski definition) is 5. The number of rotatable bonds is 7. The van der Waals surface area contributed by atoms with Crippen molar-refractivity contribution in [2.45, 2.75) is 50.0 Å². The molecule has 0 aromatic carbocycles. The van der Waals surface area contributed by atoms with Gasteiger partial charge in [0.15, 0.2) is 0 Å². The highest BCUT2D eigenvalue weighted by atomic mass is 16.4. The van der Waals surface area contributed by atoms with Gasteiger partial charge in [-0.15, -0.1) is 0 Å². The van der Waals surface area contributed by atoms with Crippen molar-refractivity contribution in [1.29, 1.82) is 0 Å². The number of carboxylic acid groups (broad SMARTS) is 1. The molecule has 19 heavy (non-hydrogen) atoms. The number of carbonyl (C=O) groups is 1. The number of piperidine rings is 1. The molecule has 0 amide bonds. The molecule has 5 N–H and O–H groups in total. The standard InChI is InChI=1S/C12H23NO6/c14-7-8-11(18)12(19)9(15)6-13(8)5-3-1-2-4-10(16)17/h8-9,11-12,14-15,18-19H,1-7H2,(H,16,17)/t8-,9+,11-,12-/m0/s1. The SMILES string of the molecule is O=C(O)CCCCCN1C[C@@H](O)[C@H](O)[C@@H](O)[C@@H]1CO. The van der Waals surface area contributed by atoms with Crippen LogP contribution in [0.3, 0.4) is 0 Å². The van der Waals surface area contributed by atoms with Gasteiger partial charge in [0.1, 0.15) is 12.2 Å². The molecule has 7 nitrogen and oxygen atoms in total. The lowest BCUT2D eigenvalue weighted by atomic mass is 9.94. The third kappa shape index (κ3) is 4.70. The van der Waals surface area contributed by atoms with Crippen LogP contribution in [0.4, 0.5) is 0 Å². The summed E-state index contributed by atoms with van der Waals surface area (Å²) in [5, 5.41) is 46.6. The zero-order valence-electron chi connectivity index (χ0n) is 10.9. The highest BCUT2D eigenvalue weighted by molar-refractivity contribution is 5.66. The molecule has 112 valence electrons. The Hall–Kier alpha value is -0.730. The Bertz CT molecular complexity index is 287. The van der Waals surface area contributed by atoms with Crippen molar-refractivity contribution in [3.63, 3.8) is 0 Å². The van der Waals surface area contributed by atoms with Gasteiger partial charge in [-0.2, -0.15) is 0 Å². The van der Waals surface area contributed by atoms with Crippen LogP contribution in [0.25, 0.3) is 0 Å². The number of aliphatic hydroxyl groups excluding tert-OH is 4.